The van der Waals surface area contributed by atoms with E-state index in [0.29, 0.717) is 24.7 Å². The molecular weight excluding hydrogens is 271 g/mol. The molecule has 21 heavy (non-hydrogen) atoms. The number of piperidine rings is 1. The number of hydrogen-bond acceptors (Lipinski definition) is 4. The summed E-state index contributed by atoms with van der Waals surface area (Å²) in [6.07, 6.45) is 2.81. The topological polar surface area (TPSA) is 47.7 Å². The number of benzene rings is 1. The van der Waals surface area contributed by atoms with Crippen molar-refractivity contribution in [3.63, 3.8) is 0 Å². The zero-order chi connectivity index (χ0) is 15.1. The molecule has 118 valence electrons. The zero-order valence-corrected chi connectivity index (χ0v) is 12.7. The smallest absolute Gasteiger partial charge is 0.150 e. The summed E-state index contributed by atoms with van der Waals surface area (Å²) in [4.78, 5) is 2.05. The van der Waals surface area contributed by atoms with Gasteiger partial charge < -0.3 is 20.1 Å². The maximum Gasteiger partial charge on any atom is 0.150 e. The Morgan fingerprint density at radius 1 is 1.24 bits per heavy atom. The van der Waals surface area contributed by atoms with E-state index in [1.807, 2.05) is 11.0 Å². The summed E-state index contributed by atoms with van der Waals surface area (Å²) in [6, 6.07) is 5.29. The Kier molecular flexibility index (Phi) is 6.26. The summed E-state index contributed by atoms with van der Waals surface area (Å²) in [7, 11) is 0. The number of anilines is 1. The van der Waals surface area contributed by atoms with Crippen molar-refractivity contribution in [3.8, 4) is 5.75 Å². The van der Waals surface area contributed by atoms with Crippen molar-refractivity contribution < 1.29 is 13.9 Å². The van der Waals surface area contributed by atoms with Gasteiger partial charge in [0.2, 0.25) is 0 Å². The number of ether oxygens (including phenoxy) is 2. The molecule has 0 radical (unpaired) electrons. The Balaban J connectivity index is 1.85. The van der Waals surface area contributed by atoms with Gasteiger partial charge in [0.1, 0.15) is 18.2 Å². The molecule has 0 saturated carbocycles. The number of nitrogens with two attached hydrogens (primary N) is 1. The van der Waals surface area contributed by atoms with Crippen LogP contribution in [0.3, 0.4) is 0 Å². The Bertz CT molecular complexity index is 434. The van der Waals surface area contributed by atoms with Crippen LogP contribution in [0, 0.1) is 5.82 Å². The molecule has 0 amide bonds. The number of halogens is 1. The molecule has 1 aliphatic heterocycles. The molecule has 2 N–H and O–H groups in total. The second-order valence-electron chi connectivity index (χ2n) is 5.40. The first-order valence-electron chi connectivity index (χ1n) is 7.71. The van der Waals surface area contributed by atoms with Crippen LogP contribution in [0.4, 0.5) is 10.1 Å². The van der Waals surface area contributed by atoms with Crippen molar-refractivity contribution in [3.05, 3.63) is 24.0 Å². The minimum Gasteiger partial charge on any atom is -0.491 e. The van der Waals surface area contributed by atoms with Gasteiger partial charge in [-0.25, -0.2) is 4.39 Å². The summed E-state index contributed by atoms with van der Waals surface area (Å²) in [5.41, 5.74) is 6.51. The van der Waals surface area contributed by atoms with Crippen molar-refractivity contribution in [1.29, 1.82) is 0 Å². The molecule has 4 nitrogen and oxygen atoms in total. The van der Waals surface area contributed by atoms with E-state index in [9.17, 15) is 4.39 Å². The fraction of sp³-hybridized carbons (Fsp3) is 0.625. The molecule has 0 aliphatic carbocycles. The second-order valence-corrected chi connectivity index (χ2v) is 5.40. The van der Waals surface area contributed by atoms with E-state index in [1.54, 1.807) is 6.07 Å². The van der Waals surface area contributed by atoms with Gasteiger partial charge in [0.15, 0.2) is 0 Å². The third-order valence-corrected chi connectivity index (χ3v) is 3.64. The molecular formula is C16H25FN2O2. The molecule has 1 saturated heterocycles. The van der Waals surface area contributed by atoms with Gasteiger partial charge in [-0.05, 0) is 31.4 Å². The molecule has 5 heteroatoms. The van der Waals surface area contributed by atoms with Gasteiger partial charge in [-0.1, -0.05) is 6.92 Å². The maximum absolute atomic E-state index is 14.2. The molecule has 0 bridgehead atoms. The van der Waals surface area contributed by atoms with Crippen molar-refractivity contribution in [2.75, 3.05) is 37.8 Å². The largest absolute Gasteiger partial charge is 0.491 e. The lowest BCUT2D eigenvalue weighted by Gasteiger charge is -2.32. The molecule has 1 aliphatic rings. The third-order valence-electron chi connectivity index (χ3n) is 3.64. The van der Waals surface area contributed by atoms with Crippen LogP contribution in [-0.2, 0) is 4.74 Å². The molecule has 2 rings (SSSR count). The Morgan fingerprint density at radius 2 is 2.00 bits per heavy atom. The summed E-state index contributed by atoms with van der Waals surface area (Å²) in [6.45, 7) is 5.38. The second kappa shape index (κ2) is 8.20. The van der Waals surface area contributed by atoms with Gasteiger partial charge in [0.25, 0.3) is 0 Å². The highest BCUT2D eigenvalue weighted by Crippen LogP contribution is 2.26. The quantitative estimate of drug-likeness (QED) is 0.786. The summed E-state index contributed by atoms with van der Waals surface area (Å²) < 4.78 is 25.0. The minimum atomic E-state index is -0.238. The predicted molar refractivity (Wildman–Crippen MR) is 82.4 cm³/mol. The van der Waals surface area contributed by atoms with Gasteiger partial charge in [-0.2, -0.15) is 0 Å². The lowest BCUT2D eigenvalue weighted by atomic mass is 10.1. The fourth-order valence-electron chi connectivity index (χ4n) is 2.44. The van der Waals surface area contributed by atoms with Crippen LogP contribution in [-0.4, -0.2) is 39.0 Å². The highest BCUT2D eigenvalue weighted by molar-refractivity contribution is 5.51. The van der Waals surface area contributed by atoms with Crippen LogP contribution in [0.2, 0.25) is 0 Å². The van der Waals surface area contributed by atoms with Crippen LogP contribution in [0.25, 0.3) is 0 Å². The first-order valence-corrected chi connectivity index (χ1v) is 7.71. The molecule has 0 atom stereocenters. The highest BCUT2D eigenvalue weighted by Gasteiger charge is 2.19. The molecule has 0 aromatic heterocycles. The summed E-state index contributed by atoms with van der Waals surface area (Å²) >= 11 is 0. The number of nitrogens with zero attached hydrogens (tertiary/aromatic N) is 1. The lowest BCUT2D eigenvalue weighted by Crippen LogP contribution is -2.40. The first-order chi connectivity index (χ1) is 10.2. The molecule has 0 unspecified atom stereocenters. The first kappa shape index (κ1) is 16.0. The Hall–Kier alpha value is -1.33. The summed E-state index contributed by atoms with van der Waals surface area (Å²) in [5.74, 6) is 0.308. The van der Waals surface area contributed by atoms with E-state index in [0.717, 1.165) is 39.0 Å². The summed E-state index contributed by atoms with van der Waals surface area (Å²) in [5, 5.41) is 0. The fourth-order valence-corrected chi connectivity index (χ4v) is 2.44. The van der Waals surface area contributed by atoms with Gasteiger partial charge >= 0.3 is 0 Å². The van der Waals surface area contributed by atoms with E-state index >= 15 is 0 Å². The van der Waals surface area contributed by atoms with Crippen molar-refractivity contribution in [2.24, 2.45) is 5.73 Å². The van der Waals surface area contributed by atoms with E-state index in [2.05, 4.69) is 6.92 Å². The van der Waals surface area contributed by atoms with Gasteiger partial charge in [0, 0.05) is 31.8 Å². The predicted octanol–water partition coefficient (Wildman–Crippen LogP) is 2.56. The Morgan fingerprint density at radius 3 is 2.67 bits per heavy atom. The number of hydrogen-bond donors (Lipinski definition) is 1. The van der Waals surface area contributed by atoms with Crippen LogP contribution < -0.4 is 15.4 Å². The molecule has 1 aromatic rings. The van der Waals surface area contributed by atoms with E-state index in [1.165, 1.54) is 6.07 Å². The average molecular weight is 296 g/mol. The average Bonchev–Trinajstić information content (AvgIpc) is 2.48. The van der Waals surface area contributed by atoms with Gasteiger partial charge in [-0.15, -0.1) is 0 Å². The molecule has 1 aromatic carbocycles. The van der Waals surface area contributed by atoms with Crippen molar-refractivity contribution in [2.45, 2.75) is 32.2 Å². The van der Waals surface area contributed by atoms with E-state index in [4.69, 9.17) is 15.2 Å². The number of rotatable bonds is 7. The highest BCUT2D eigenvalue weighted by atomic mass is 19.1. The molecule has 1 fully saturated rings. The third kappa shape index (κ3) is 4.86. The minimum absolute atomic E-state index is 0.238. The molecule has 1 heterocycles. The standard InChI is InChI=1S/C16H25FN2O2/c1-2-9-20-10-11-21-14-3-4-16(15(17)12-14)19-7-5-13(18)6-8-19/h3-4,12-13H,2,5-11,18H2,1H3. The zero-order valence-electron chi connectivity index (χ0n) is 12.7. The van der Waals surface area contributed by atoms with Gasteiger partial charge in [-0.3, -0.25) is 0 Å². The normalized spacial score (nSPS) is 16.2. The van der Waals surface area contributed by atoms with E-state index < -0.39 is 0 Å². The Labute approximate surface area is 126 Å². The van der Waals surface area contributed by atoms with Crippen LogP contribution >= 0.6 is 0 Å². The lowest BCUT2D eigenvalue weighted by molar-refractivity contribution is 0.100. The van der Waals surface area contributed by atoms with Crippen LogP contribution in [0.5, 0.6) is 5.75 Å². The van der Waals surface area contributed by atoms with Crippen LogP contribution in [0.15, 0.2) is 18.2 Å². The molecule has 0 spiro atoms. The SMILES string of the molecule is CCCOCCOc1ccc(N2CCC(N)CC2)c(F)c1. The van der Waals surface area contributed by atoms with Crippen LogP contribution in [0.1, 0.15) is 26.2 Å². The van der Waals surface area contributed by atoms with Crippen molar-refractivity contribution in [1.82, 2.24) is 0 Å². The van der Waals surface area contributed by atoms with Crippen molar-refractivity contribution >= 4 is 5.69 Å². The van der Waals surface area contributed by atoms with Gasteiger partial charge in [0.05, 0.1) is 12.3 Å². The maximum atomic E-state index is 14.2. The monoisotopic (exact) mass is 296 g/mol. The van der Waals surface area contributed by atoms with E-state index in [-0.39, 0.29) is 11.9 Å².